The molecular formula is C17H19N3O. The molecule has 0 fully saturated rings. The van der Waals surface area contributed by atoms with Crippen molar-refractivity contribution in [3.63, 3.8) is 0 Å². The molecule has 0 bridgehead atoms. The number of nitrogens with zero attached hydrogens (tertiary/aromatic N) is 2. The van der Waals surface area contributed by atoms with Crippen LogP contribution < -0.4 is 5.32 Å². The highest BCUT2D eigenvalue weighted by molar-refractivity contribution is 5.80. The summed E-state index contributed by atoms with van der Waals surface area (Å²) in [6, 6.07) is 11.6. The van der Waals surface area contributed by atoms with Crippen molar-refractivity contribution >= 4 is 11.5 Å². The lowest BCUT2D eigenvalue weighted by Gasteiger charge is -2.12. The number of nitrogens with one attached hydrogen (secondary N) is 1. The number of phenolic OH excluding ortho intramolecular Hbond substituents is 1. The van der Waals surface area contributed by atoms with Crippen LogP contribution in [0.3, 0.4) is 0 Å². The summed E-state index contributed by atoms with van der Waals surface area (Å²) in [5, 5.41) is 13.6. The van der Waals surface area contributed by atoms with Crippen molar-refractivity contribution in [3.05, 3.63) is 48.2 Å². The lowest BCUT2D eigenvalue weighted by molar-refractivity contribution is 0.477. The number of benzene rings is 1. The molecule has 1 aromatic carbocycles. The zero-order valence-electron chi connectivity index (χ0n) is 12.5. The van der Waals surface area contributed by atoms with Crippen LogP contribution in [-0.4, -0.2) is 20.5 Å². The molecule has 2 N–H and O–H groups in total. The van der Waals surface area contributed by atoms with Gasteiger partial charge in [0.2, 0.25) is 0 Å². The first-order valence-corrected chi connectivity index (χ1v) is 7.10. The fourth-order valence-electron chi connectivity index (χ4n) is 2.42. The van der Waals surface area contributed by atoms with E-state index in [-0.39, 0.29) is 11.8 Å². The predicted molar refractivity (Wildman–Crippen MR) is 85.8 cm³/mol. The largest absolute Gasteiger partial charge is 0.507 e. The second kappa shape index (κ2) is 5.13. The Morgan fingerprint density at radius 2 is 1.90 bits per heavy atom. The number of imidazole rings is 1. The molecule has 0 unspecified atom stereocenters. The van der Waals surface area contributed by atoms with Gasteiger partial charge < -0.3 is 10.4 Å². The van der Waals surface area contributed by atoms with Gasteiger partial charge >= 0.3 is 0 Å². The summed E-state index contributed by atoms with van der Waals surface area (Å²) in [5.41, 5.74) is 3.53. The van der Waals surface area contributed by atoms with E-state index in [1.165, 1.54) is 0 Å². The van der Waals surface area contributed by atoms with Crippen LogP contribution in [0.4, 0.5) is 5.82 Å². The van der Waals surface area contributed by atoms with E-state index in [0.717, 1.165) is 28.3 Å². The van der Waals surface area contributed by atoms with E-state index < -0.39 is 0 Å². The maximum atomic E-state index is 10.1. The molecule has 3 rings (SSSR count). The van der Waals surface area contributed by atoms with Crippen molar-refractivity contribution in [2.24, 2.45) is 0 Å². The first kappa shape index (κ1) is 13.5. The fraction of sp³-hybridized carbons (Fsp3) is 0.235. The first-order valence-electron chi connectivity index (χ1n) is 7.10. The molecule has 0 radical (unpaired) electrons. The molecule has 0 aliphatic rings. The van der Waals surface area contributed by atoms with E-state index in [1.807, 2.05) is 34.7 Å². The maximum absolute atomic E-state index is 10.1. The zero-order valence-corrected chi connectivity index (χ0v) is 12.5. The molecule has 0 aliphatic heterocycles. The SMILES string of the molecule is Cc1ccc2nc(-c3ccccc3O)c(NC(C)C)n2c1. The van der Waals surface area contributed by atoms with Gasteiger partial charge in [0, 0.05) is 17.8 Å². The van der Waals surface area contributed by atoms with E-state index in [4.69, 9.17) is 0 Å². The summed E-state index contributed by atoms with van der Waals surface area (Å²) in [5.74, 6) is 1.15. The molecule has 4 heteroatoms. The van der Waals surface area contributed by atoms with Crippen molar-refractivity contribution in [1.29, 1.82) is 0 Å². The van der Waals surface area contributed by atoms with Gasteiger partial charge in [-0.05, 0) is 44.5 Å². The maximum Gasteiger partial charge on any atom is 0.139 e. The van der Waals surface area contributed by atoms with Crippen LogP contribution >= 0.6 is 0 Å². The van der Waals surface area contributed by atoms with Gasteiger partial charge in [-0.1, -0.05) is 18.2 Å². The summed E-state index contributed by atoms with van der Waals surface area (Å²) in [4.78, 5) is 4.68. The van der Waals surface area contributed by atoms with Crippen LogP contribution in [0.15, 0.2) is 42.6 Å². The second-order valence-electron chi connectivity index (χ2n) is 5.56. The fourth-order valence-corrected chi connectivity index (χ4v) is 2.42. The number of pyridine rings is 1. The third kappa shape index (κ3) is 2.44. The number of aromatic hydroxyl groups is 1. The Kier molecular flexibility index (Phi) is 3.29. The number of aryl methyl sites for hydroxylation is 1. The number of anilines is 1. The van der Waals surface area contributed by atoms with E-state index >= 15 is 0 Å². The van der Waals surface area contributed by atoms with Crippen LogP contribution in [0.25, 0.3) is 16.9 Å². The number of fused-ring (bicyclic) bond motifs is 1. The number of phenols is 1. The smallest absolute Gasteiger partial charge is 0.139 e. The number of rotatable bonds is 3. The van der Waals surface area contributed by atoms with Crippen molar-refractivity contribution in [1.82, 2.24) is 9.38 Å². The number of aromatic nitrogens is 2. The highest BCUT2D eigenvalue weighted by atomic mass is 16.3. The Bertz CT molecular complexity index is 790. The van der Waals surface area contributed by atoms with Gasteiger partial charge in [-0.15, -0.1) is 0 Å². The van der Waals surface area contributed by atoms with Crippen molar-refractivity contribution in [2.45, 2.75) is 26.8 Å². The van der Waals surface area contributed by atoms with Gasteiger partial charge in [-0.2, -0.15) is 0 Å². The average Bonchev–Trinajstić information content (AvgIpc) is 2.77. The minimum Gasteiger partial charge on any atom is -0.507 e. The lowest BCUT2D eigenvalue weighted by atomic mass is 10.1. The molecule has 0 atom stereocenters. The van der Waals surface area contributed by atoms with Gasteiger partial charge in [0.25, 0.3) is 0 Å². The molecule has 3 aromatic rings. The van der Waals surface area contributed by atoms with Gasteiger partial charge in [-0.25, -0.2) is 4.98 Å². The van der Waals surface area contributed by atoms with E-state index in [1.54, 1.807) is 6.07 Å². The Hall–Kier alpha value is -2.49. The summed E-state index contributed by atoms with van der Waals surface area (Å²) in [7, 11) is 0. The Morgan fingerprint density at radius 1 is 1.14 bits per heavy atom. The van der Waals surface area contributed by atoms with Crippen LogP contribution in [0, 0.1) is 6.92 Å². The minimum absolute atomic E-state index is 0.240. The van der Waals surface area contributed by atoms with Crippen LogP contribution in [-0.2, 0) is 0 Å². The van der Waals surface area contributed by atoms with Crippen molar-refractivity contribution < 1.29 is 5.11 Å². The Labute approximate surface area is 124 Å². The summed E-state index contributed by atoms with van der Waals surface area (Å²) in [6.45, 7) is 6.23. The molecule has 21 heavy (non-hydrogen) atoms. The quantitative estimate of drug-likeness (QED) is 0.767. The molecule has 4 nitrogen and oxygen atoms in total. The zero-order chi connectivity index (χ0) is 15.0. The molecular weight excluding hydrogens is 262 g/mol. The summed E-state index contributed by atoms with van der Waals surface area (Å²) in [6.07, 6.45) is 2.05. The van der Waals surface area contributed by atoms with Crippen LogP contribution in [0.5, 0.6) is 5.75 Å². The molecule has 0 saturated heterocycles. The monoisotopic (exact) mass is 281 g/mol. The standard InChI is InChI=1S/C17H19N3O/c1-11(2)18-17-16(13-6-4-5-7-14(13)21)19-15-9-8-12(3)10-20(15)17/h4-11,18,21H,1-3H3. The first-order chi connectivity index (χ1) is 10.1. The number of hydrogen-bond acceptors (Lipinski definition) is 3. The van der Waals surface area contributed by atoms with Crippen molar-refractivity contribution in [3.8, 4) is 17.0 Å². The normalized spacial score (nSPS) is 11.2. The van der Waals surface area contributed by atoms with E-state index in [0.29, 0.717) is 0 Å². The highest BCUT2D eigenvalue weighted by Crippen LogP contribution is 2.34. The average molecular weight is 281 g/mol. The third-order valence-electron chi connectivity index (χ3n) is 3.35. The third-order valence-corrected chi connectivity index (χ3v) is 3.35. The van der Waals surface area contributed by atoms with Crippen LogP contribution in [0.2, 0.25) is 0 Å². The minimum atomic E-state index is 0.240. The Morgan fingerprint density at radius 3 is 2.62 bits per heavy atom. The van der Waals surface area contributed by atoms with E-state index in [9.17, 15) is 5.11 Å². The summed E-state index contributed by atoms with van der Waals surface area (Å²) >= 11 is 0. The van der Waals surface area contributed by atoms with Gasteiger partial charge in [0.05, 0.1) is 0 Å². The molecule has 0 aliphatic carbocycles. The van der Waals surface area contributed by atoms with Gasteiger partial charge in [-0.3, -0.25) is 4.40 Å². The molecule has 0 spiro atoms. The second-order valence-corrected chi connectivity index (χ2v) is 5.56. The Balaban J connectivity index is 2.29. The number of hydrogen-bond donors (Lipinski definition) is 2. The van der Waals surface area contributed by atoms with Crippen molar-refractivity contribution in [2.75, 3.05) is 5.32 Å². The van der Waals surface area contributed by atoms with E-state index in [2.05, 4.69) is 37.3 Å². The summed E-state index contributed by atoms with van der Waals surface area (Å²) < 4.78 is 2.04. The van der Waals surface area contributed by atoms with Gasteiger partial charge in [0.15, 0.2) is 0 Å². The molecule has 0 saturated carbocycles. The lowest BCUT2D eigenvalue weighted by Crippen LogP contribution is -2.12. The highest BCUT2D eigenvalue weighted by Gasteiger charge is 2.17. The van der Waals surface area contributed by atoms with Gasteiger partial charge in [0.1, 0.15) is 22.9 Å². The molecule has 2 heterocycles. The van der Waals surface area contributed by atoms with Crippen LogP contribution in [0.1, 0.15) is 19.4 Å². The molecule has 0 amide bonds. The molecule has 2 aromatic heterocycles. The predicted octanol–water partition coefficient (Wildman–Crippen LogP) is 3.84. The topological polar surface area (TPSA) is 49.6 Å². The molecule has 108 valence electrons. The number of para-hydroxylation sites is 1.